The molecule has 1 aromatic heterocycles. The first-order valence-corrected chi connectivity index (χ1v) is 12.8. The van der Waals surface area contributed by atoms with Gasteiger partial charge in [0.1, 0.15) is 5.75 Å². The summed E-state index contributed by atoms with van der Waals surface area (Å²) in [7, 11) is -1.70. The molecule has 0 spiro atoms. The Morgan fingerprint density at radius 2 is 1.91 bits per heavy atom. The first-order chi connectivity index (χ1) is 15.2. The number of carbonyl (C=O) groups excluding carboxylic acids is 1. The van der Waals surface area contributed by atoms with Crippen LogP contribution in [0.25, 0.3) is 11.4 Å². The molecule has 0 bridgehead atoms. The molecule has 1 amide bonds. The maximum absolute atomic E-state index is 13.7. The highest BCUT2D eigenvalue weighted by atomic mass is 32.2. The number of hydrogen-bond acceptors (Lipinski definition) is 6. The average molecular weight is 459 g/mol. The molecule has 0 saturated carbocycles. The largest absolute Gasteiger partial charge is 0.497 e. The maximum Gasteiger partial charge on any atom is 0.230 e. The highest BCUT2D eigenvalue weighted by Gasteiger charge is 2.45. The lowest BCUT2D eigenvalue weighted by molar-refractivity contribution is -0.144. The molecule has 0 radical (unpaired) electrons. The van der Waals surface area contributed by atoms with Gasteiger partial charge in [0.25, 0.3) is 0 Å². The van der Waals surface area contributed by atoms with Crippen LogP contribution in [-0.4, -0.2) is 66.5 Å². The third-order valence-electron chi connectivity index (χ3n) is 6.53. The summed E-state index contributed by atoms with van der Waals surface area (Å²) in [5, 5.41) is 0. The third kappa shape index (κ3) is 4.49. The van der Waals surface area contributed by atoms with Gasteiger partial charge in [-0.05, 0) is 62.9 Å². The van der Waals surface area contributed by atoms with Gasteiger partial charge in [0, 0.05) is 31.4 Å². The number of hydrogen-bond donors (Lipinski definition) is 0. The number of sulfonamides is 1. The summed E-state index contributed by atoms with van der Waals surface area (Å²) in [6.45, 7) is 3.25. The first kappa shape index (κ1) is 22.7. The van der Waals surface area contributed by atoms with Crippen molar-refractivity contribution < 1.29 is 17.9 Å². The Hall–Kier alpha value is -2.52. The molecule has 9 heteroatoms. The summed E-state index contributed by atoms with van der Waals surface area (Å²) in [6, 6.07) is 9.31. The van der Waals surface area contributed by atoms with E-state index in [1.807, 2.05) is 42.2 Å². The Labute approximate surface area is 189 Å². The lowest BCUT2D eigenvalue weighted by atomic mass is 9.81. The lowest BCUT2D eigenvalue weighted by Gasteiger charge is -2.41. The van der Waals surface area contributed by atoms with Crippen molar-refractivity contribution in [3.63, 3.8) is 0 Å². The molecule has 0 N–H and O–H groups in total. The van der Waals surface area contributed by atoms with Crippen LogP contribution in [0.5, 0.6) is 5.75 Å². The van der Waals surface area contributed by atoms with Gasteiger partial charge in [-0.15, -0.1) is 0 Å². The zero-order chi connectivity index (χ0) is 22.9. The van der Waals surface area contributed by atoms with Crippen LogP contribution >= 0.6 is 0 Å². The Balaban J connectivity index is 1.57. The van der Waals surface area contributed by atoms with Crippen LogP contribution in [0.3, 0.4) is 0 Å². The van der Waals surface area contributed by atoms with Gasteiger partial charge in [-0.1, -0.05) is 0 Å². The van der Waals surface area contributed by atoms with Gasteiger partial charge in [-0.2, -0.15) is 0 Å². The SMILES string of the molecule is COc1ccc(-c2nccc([C@H]3CCCN3C(=O)[C@@]3(C)CCCN(S(C)(=O)=O)C3)n2)cc1. The van der Waals surface area contributed by atoms with E-state index in [4.69, 9.17) is 9.72 Å². The van der Waals surface area contributed by atoms with E-state index in [1.54, 1.807) is 13.3 Å². The van der Waals surface area contributed by atoms with Gasteiger partial charge in [0.05, 0.1) is 30.5 Å². The smallest absolute Gasteiger partial charge is 0.230 e. The molecule has 0 unspecified atom stereocenters. The summed E-state index contributed by atoms with van der Waals surface area (Å²) in [5.41, 5.74) is 0.970. The summed E-state index contributed by atoms with van der Waals surface area (Å²) >= 11 is 0. The number of likely N-dealkylation sites (tertiary alicyclic amines) is 1. The molecule has 2 aliphatic rings. The predicted molar refractivity (Wildman–Crippen MR) is 121 cm³/mol. The Morgan fingerprint density at radius 1 is 1.16 bits per heavy atom. The van der Waals surface area contributed by atoms with Crippen LogP contribution in [0.1, 0.15) is 44.3 Å². The van der Waals surface area contributed by atoms with Crippen LogP contribution in [0, 0.1) is 5.41 Å². The zero-order valence-corrected chi connectivity index (χ0v) is 19.6. The van der Waals surface area contributed by atoms with Gasteiger partial charge >= 0.3 is 0 Å². The molecule has 2 aromatic rings. The molecular formula is C23H30N4O4S. The number of methoxy groups -OCH3 is 1. The molecule has 32 heavy (non-hydrogen) atoms. The quantitative estimate of drug-likeness (QED) is 0.684. The number of amides is 1. The minimum atomic E-state index is -3.33. The Morgan fingerprint density at radius 3 is 2.59 bits per heavy atom. The highest BCUT2D eigenvalue weighted by Crippen LogP contribution is 2.39. The minimum absolute atomic E-state index is 0.0120. The van der Waals surface area contributed by atoms with E-state index in [-0.39, 0.29) is 18.5 Å². The van der Waals surface area contributed by atoms with Crippen LogP contribution in [0.4, 0.5) is 0 Å². The summed E-state index contributed by atoms with van der Waals surface area (Å²) in [4.78, 5) is 24.7. The summed E-state index contributed by atoms with van der Waals surface area (Å²) in [6.07, 6.45) is 6.03. The second kappa shape index (κ2) is 8.78. The second-order valence-corrected chi connectivity index (χ2v) is 10.9. The normalized spacial score (nSPS) is 24.5. The zero-order valence-electron chi connectivity index (χ0n) is 18.8. The molecule has 2 fully saturated rings. The van der Waals surface area contributed by atoms with Crippen molar-refractivity contribution in [1.82, 2.24) is 19.2 Å². The fourth-order valence-electron chi connectivity index (χ4n) is 4.75. The third-order valence-corrected chi connectivity index (χ3v) is 7.78. The van der Waals surface area contributed by atoms with Crippen molar-refractivity contribution in [2.75, 3.05) is 33.0 Å². The van der Waals surface area contributed by atoms with Crippen LogP contribution in [-0.2, 0) is 14.8 Å². The number of carbonyl (C=O) groups is 1. The Kier molecular flexibility index (Phi) is 6.22. The van der Waals surface area contributed by atoms with Gasteiger partial charge in [0.15, 0.2) is 5.82 Å². The van der Waals surface area contributed by atoms with E-state index in [9.17, 15) is 13.2 Å². The molecule has 4 rings (SSSR count). The van der Waals surface area contributed by atoms with Crippen molar-refractivity contribution in [3.8, 4) is 17.1 Å². The monoisotopic (exact) mass is 458 g/mol. The summed E-state index contributed by atoms with van der Waals surface area (Å²) in [5.74, 6) is 1.39. The maximum atomic E-state index is 13.7. The van der Waals surface area contributed by atoms with Gasteiger partial charge in [-0.3, -0.25) is 4.79 Å². The molecule has 2 atom stereocenters. The molecule has 2 aliphatic heterocycles. The predicted octanol–water partition coefficient (Wildman–Crippen LogP) is 2.88. The fourth-order valence-corrected chi connectivity index (χ4v) is 5.73. The molecule has 3 heterocycles. The Bertz CT molecular complexity index is 1090. The molecule has 0 aliphatic carbocycles. The van der Waals surface area contributed by atoms with E-state index in [1.165, 1.54) is 10.6 Å². The van der Waals surface area contributed by atoms with E-state index >= 15 is 0 Å². The number of nitrogens with zero attached hydrogens (tertiary/aromatic N) is 4. The van der Waals surface area contributed by atoms with Crippen molar-refractivity contribution in [2.45, 2.75) is 38.6 Å². The lowest BCUT2D eigenvalue weighted by Crippen LogP contribution is -2.52. The minimum Gasteiger partial charge on any atom is -0.497 e. The molecular weight excluding hydrogens is 428 g/mol. The van der Waals surface area contributed by atoms with Crippen molar-refractivity contribution in [3.05, 3.63) is 42.2 Å². The van der Waals surface area contributed by atoms with Crippen LogP contribution in [0.15, 0.2) is 36.5 Å². The van der Waals surface area contributed by atoms with Crippen LogP contribution in [0.2, 0.25) is 0 Å². The molecule has 1 aromatic carbocycles. The molecule has 2 saturated heterocycles. The van der Waals surface area contributed by atoms with Gasteiger partial charge < -0.3 is 9.64 Å². The number of piperidine rings is 1. The fraction of sp³-hybridized carbons (Fsp3) is 0.522. The number of aromatic nitrogens is 2. The van der Waals surface area contributed by atoms with E-state index in [2.05, 4.69) is 4.98 Å². The first-order valence-electron chi connectivity index (χ1n) is 10.9. The van der Waals surface area contributed by atoms with Crippen molar-refractivity contribution >= 4 is 15.9 Å². The highest BCUT2D eigenvalue weighted by molar-refractivity contribution is 7.88. The average Bonchev–Trinajstić information content (AvgIpc) is 3.28. The van der Waals surface area contributed by atoms with E-state index < -0.39 is 15.4 Å². The summed E-state index contributed by atoms with van der Waals surface area (Å²) < 4.78 is 30.8. The topological polar surface area (TPSA) is 92.7 Å². The second-order valence-electron chi connectivity index (χ2n) is 8.95. The number of rotatable bonds is 5. The van der Waals surface area contributed by atoms with Gasteiger partial charge in [0.2, 0.25) is 15.9 Å². The number of ether oxygens (including phenoxy) is 1. The number of benzene rings is 1. The van der Waals surface area contributed by atoms with Gasteiger partial charge in [-0.25, -0.2) is 22.7 Å². The standard InChI is InChI=1S/C23H30N4O4S/c1-23(12-5-14-26(16-23)32(3,29)30)22(28)27-15-4-6-20(27)19-11-13-24-21(25-19)17-7-9-18(31-2)10-8-17/h7-11,13,20H,4-6,12,14-16H2,1-3H3/t20-,23+/m1/s1. The molecule has 8 nitrogen and oxygen atoms in total. The van der Waals surface area contributed by atoms with Crippen LogP contribution < -0.4 is 4.74 Å². The molecule has 172 valence electrons. The van der Waals surface area contributed by atoms with E-state index in [0.29, 0.717) is 31.8 Å². The van der Waals surface area contributed by atoms with E-state index in [0.717, 1.165) is 29.8 Å². The van der Waals surface area contributed by atoms with Crippen molar-refractivity contribution in [1.29, 1.82) is 0 Å². The van der Waals surface area contributed by atoms with Crippen molar-refractivity contribution in [2.24, 2.45) is 5.41 Å².